The number of hydrogen-bond acceptors (Lipinski definition) is 2. The van der Waals surface area contributed by atoms with E-state index in [1.807, 2.05) is 0 Å². The summed E-state index contributed by atoms with van der Waals surface area (Å²) in [6, 6.07) is 8.71. The highest BCUT2D eigenvalue weighted by Gasteiger charge is 2.36. The molecular weight excluding hydrogens is 214 g/mol. The fraction of sp³-hybridized carbons (Fsp3) is 0.500. The number of carboxylic acid groups (broad SMARTS) is 1. The predicted molar refractivity (Wildman–Crippen MR) is 66.9 cm³/mol. The van der Waals surface area contributed by atoms with Crippen LogP contribution in [0.15, 0.2) is 24.3 Å². The molecule has 17 heavy (non-hydrogen) atoms. The van der Waals surface area contributed by atoms with E-state index >= 15 is 0 Å². The van der Waals surface area contributed by atoms with Gasteiger partial charge in [-0.3, -0.25) is 4.79 Å². The molecule has 1 aromatic carbocycles. The summed E-state index contributed by atoms with van der Waals surface area (Å²) in [6.45, 7) is 4.15. The molecule has 1 aromatic rings. The van der Waals surface area contributed by atoms with Crippen LogP contribution in [-0.4, -0.2) is 17.1 Å². The first kappa shape index (κ1) is 12.1. The lowest BCUT2D eigenvalue weighted by atomic mass is 9.79. The Morgan fingerprint density at radius 3 is 2.47 bits per heavy atom. The molecule has 2 rings (SSSR count). The number of carboxylic acids is 1. The number of benzene rings is 1. The third-order valence-corrected chi connectivity index (χ3v) is 3.63. The van der Waals surface area contributed by atoms with E-state index in [-0.39, 0.29) is 18.0 Å². The van der Waals surface area contributed by atoms with Crippen LogP contribution in [-0.2, 0) is 4.79 Å². The van der Waals surface area contributed by atoms with Gasteiger partial charge in [-0.1, -0.05) is 29.8 Å². The van der Waals surface area contributed by atoms with Gasteiger partial charge in [-0.15, -0.1) is 0 Å². The second-order valence-corrected chi connectivity index (χ2v) is 4.93. The van der Waals surface area contributed by atoms with Crippen molar-refractivity contribution in [3.8, 4) is 0 Å². The highest BCUT2D eigenvalue weighted by atomic mass is 16.4. The molecule has 3 heteroatoms. The van der Waals surface area contributed by atoms with Crippen LogP contribution in [0.4, 0.5) is 0 Å². The van der Waals surface area contributed by atoms with Crippen LogP contribution < -0.4 is 5.32 Å². The number of nitrogens with one attached hydrogen (secondary N) is 1. The summed E-state index contributed by atoms with van der Waals surface area (Å²) in [5, 5.41) is 12.4. The molecule has 92 valence electrons. The number of carbonyl (C=O) groups is 1. The van der Waals surface area contributed by atoms with Crippen molar-refractivity contribution in [1.82, 2.24) is 5.32 Å². The maximum Gasteiger partial charge on any atom is 0.308 e. The van der Waals surface area contributed by atoms with E-state index in [2.05, 4.69) is 43.4 Å². The van der Waals surface area contributed by atoms with Gasteiger partial charge in [0.15, 0.2) is 0 Å². The zero-order chi connectivity index (χ0) is 12.4. The fourth-order valence-corrected chi connectivity index (χ4v) is 2.27. The normalized spacial score (nSPS) is 25.1. The summed E-state index contributed by atoms with van der Waals surface area (Å²) >= 11 is 0. The molecule has 1 aliphatic carbocycles. The molecule has 0 radical (unpaired) electrons. The van der Waals surface area contributed by atoms with Crippen LogP contribution in [0.2, 0.25) is 0 Å². The molecule has 1 saturated carbocycles. The summed E-state index contributed by atoms with van der Waals surface area (Å²) in [6.07, 6.45) is 1.76. The lowest BCUT2D eigenvalue weighted by Crippen LogP contribution is -2.48. The number of hydrogen-bond donors (Lipinski definition) is 2. The molecule has 0 heterocycles. The number of aryl methyl sites for hydroxylation is 1. The summed E-state index contributed by atoms with van der Waals surface area (Å²) in [7, 11) is 0. The summed E-state index contributed by atoms with van der Waals surface area (Å²) in [5.41, 5.74) is 2.46. The Bertz CT molecular complexity index is 399. The Morgan fingerprint density at radius 2 is 2.00 bits per heavy atom. The molecule has 0 saturated heterocycles. The Labute approximate surface area is 102 Å². The highest BCUT2D eigenvalue weighted by Crippen LogP contribution is 2.29. The summed E-state index contributed by atoms with van der Waals surface area (Å²) < 4.78 is 0. The van der Waals surface area contributed by atoms with Gasteiger partial charge < -0.3 is 10.4 Å². The van der Waals surface area contributed by atoms with E-state index in [9.17, 15) is 4.79 Å². The van der Waals surface area contributed by atoms with E-state index in [0.717, 1.165) is 12.8 Å². The van der Waals surface area contributed by atoms with Crippen LogP contribution in [0.1, 0.15) is 36.9 Å². The molecule has 3 atom stereocenters. The predicted octanol–water partition coefficient (Wildman–Crippen LogP) is 2.51. The molecule has 3 nitrogen and oxygen atoms in total. The topological polar surface area (TPSA) is 49.3 Å². The maximum absolute atomic E-state index is 10.9. The van der Waals surface area contributed by atoms with Crippen molar-refractivity contribution in [3.63, 3.8) is 0 Å². The Kier molecular flexibility index (Phi) is 3.48. The SMILES string of the molecule is Cc1ccc(C(C)NC2CCC2C(=O)O)cc1. The average Bonchev–Trinajstić information content (AvgIpc) is 2.24. The molecule has 1 aliphatic rings. The lowest BCUT2D eigenvalue weighted by Gasteiger charge is -2.36. The van der Waals surface area contributed by atoms with Gasteiger partial charge in [0.05, 0.1) is 5.92 Å². The smallest absolute Gasteiger partial charge is 0.308 e. The Balaban J connectivity index is 1.95. The van der Waals surface area contributed by atoms with Gasteiger partial charge in [0.25, 0.3) is 0 Å². The second-order valence-electron chi connectivity index (χ2n) is 4.93. The largest absolute Gasteiger partial charge is 0.481 e. The van der Waals surface area contributed by atoms with Crippen LogP contribution in [0.5, 0.6) is 0 Å². The van der Waals surface area contributed by atoms with Gasteiger partial charge in [0.1, 0.15) is 0 Å². The first-order chi connectivity index (χ1) is 8.08. The van der Waals surface area contributed by atoms with Crippen molar-refractivity contribution >= 4 is 5.97 Å². The van der Waals surface area contributed by atoms with Crippen molar-refractivity contribution in [3.05, 3.63) is 35.4 Å². The van der Waals surface area contributed by atoms with E-state index in [4.69, 9.17) is 5.11 Å². The van der Waals surface area contributed by atoms with Gasteiger partial charge in [0, 0.05) is 12.1 Å². The molecular formula is C14H19NO2. The molecule has 2 N–H and O–H groups in total. The molecule has 0 spiro atoms. The number of rotatable bonds is 4. The maximum atomic E-state index is 10.9. The van der Waals surface area contributed by atoms with E-state index in [1.165, 1.54) is 11.1 Å². The Morgan fingerprint density at radius 1 is 1.35 bits per heavy atom. The minimum Gasteiger partial charge on any atom is -0.481 e. The van der Waals surface area contributed by atoms with Crippen LogP contribution in [0.3, 0.4) is 0 Å². The van der Waals surface area contributed by atoms with Gasteiger partial charge >= 0.3 is 5.97 Å². The molecule has 1 fully saturated rings. The van der Waals surface area contributed by atoms with Crippen molar-refractivity contribution in [1.29, 1.82) is 0 Å². The minimum absolute atomic E-state index is 0.129. The minimum atomic E-state index is -0.676. The first-order valence-electron chi connectivity index (χ1n) is 6.13. The fourth-order valence-electron chi connectivity index (χ4n) is 2.27. The van der Waals surface area contributed by atoms with Gasteiger partial charge in [-0.25, -0.2) is 0 Å². The highest BCUT2D eigenvalue weighted by molar-refractivity contribution is 5.72. The summed E-state index contributed by atoms with van der Waals surface area (Å²) in [4.78, 5) is 10.9. The third kappa shape index (κ3) is 2.67. The van der Waals surface area contributed by atoms with Crippen LogP contribution in [0.25, 0.3) is 0 Å². The monoisotopic (exact) mass is 233 g/mol. The van der Waals surface area contributed by atoms with Gasteiger partial charge in [0.2, 0.25) is 0 Å². The van der Waals surface area contributed by atoms with Crippen molar-refractivity contribution in [2.24, 2.45) is 5.92 Å². The molecule has 0 amide bonds. The zero-order valence-electron chi connectivity index (χ0n) is 10.3. The molecule has 3 unspecified atom stereocenters. The standard InChI is InChI=1S/C14H19NO2/c1-9-3-5-11(6-4-9)10(2)15-13-8-7-12(13)14(16)17/h3-6,10,12-13,15H,7-8H2,1-2H3,(H,16,17). The lowest BCUT2D eigenvalue weighted by molar-refractivity contribution is -0.146. The Hall–Kier alpha value is -1.35. The molecule has 0 bridgehead atoms. The van der Waals surface area contributed by atoms with E-state index < -0.39 is 5.97 Å². The number of aliphatic carboxylic acids is 1. The quantitative estimate of drug-likeness (QED) is 0.840. The second kappa shape index (κ2) is 4.88. The van der Waals surface area contributed by atoms with Gasteiger partial charge in [-0.05, 0) is 32.3 Å². The first-order valence-corrected chi connectivity index (χ1v) is 6.13. The van der Waals surface area contributed by atoms with Crippen molar-refractivity contribution in [2.75, 3.05) is 0 Å². The van der Waals surface area contributed by atoms with E-state index in [0.29, 0.717) is 0 Å². The van der Waals surface area contributed by atoms with Crippen LogP contribution >= 0.6 is 0 Å². The van der Waals surface area contributed by atoms with Crippen molar-refractivity contribution in [2.45, 2.75) is 38.8 Å². The van der Waals surface area contributed by atoms with Crippen LogP contribution in [0, 0.1) is 12.8 Å². The summed E-state index contributed by atoms with van der Waals surface area (Å²) in [5.74, 6) is -0.882. The van der Waals surface area contributed by atoms with Crippen molar-refractivity contribution < 1.29 is 9.90 Å². The molecule has 0 aliphatic heterocycles. The third-order valence-electron chi connectivity index (χ3n) is 3.63. The van der Waals surface area contributed by atoms with Gasteiger partial charge in [-0.2, -0.15) is 0 Å². The average molecular weight is 233 g/mol. The molecule has 0 aromatic heterocycles. The van der Waals surface area contributed by atoms with E-state index in [1.54, 1.807) is 0 Å². The zero-order valence-corrected chi connectivity index (χ0v) is 10.3.